The predicted molar refractivity (Wildman–Crippen MR) is 67.4 cm³/mol. The normalized spacial score (nSPS) is 11.5. The second kappa shape index (κ2) is 4.97. The minimum absolute atomic E-state index is 0.269. The van der Waals surface area contributed by atoms with Crippen molar-refractivity contribution >= 4 is 23.0 Å². The number of hydrazone groups is 1. The van der Waals surface area contributed by atoms with Gasteiger partial charge in [0.25, 0.3) is 0 Å². The van der Waals surface area contributed by atoms with Crippen molar-refractivity contribution < 1.29 is 9.21 Å². The number of thiophene rings is 1. The van der Waals surface area contributed by atoms with Crippen molar-refractivity contribution in [1.29, 1.82) is 0 Å². The van der Waals surface area contributed by atoms with E-state index in [0.29, 0.717) is 5.76 Å². The largest absolute Gasteiger partial charge is 0.456 e. The highest BCUT2D eigenvalue weighted by molar-refractivity contribution is 7.12. The predicted octanol–water partition coefficient (Wildman–Crippen LogP) is 2.80. The Bertz CT molecular complexity index is 541. The Balaban J connectivity index is 2.03. The van der Waals surface area contributed by atoms with Gasteiger partial charge in [-0.05, 0) is 37.4 Å². The Hall–Kier alpha value is -1.88. The Morgan fingerprint density at radius 1 is 1.41 bits per heavy atom. The number of carbonyl (C=O) groups excluding carboxylic acids is 1. The Kier molecular flexibility index (Phi) is 3.39. The zero-order chi connectivity index (χ0) is 12.3. The molecule has 1 N–H and O–H groups in total. The molecule has 2 aromatic rings. The van der Waals surface area contributed by atoms with Gasteiger partial charge in [0.15, 0.2) is 5.76 Å². The van der Waals surface area contributed by atoms with E-state index >= 15 is 0 Å². The number of hydrogen-bond acceptors (Lipinski definition) is 4. The number of carbonyl (C=O) groups is 1. The van der Waals surface area contributed by atoms with Gasteiger partial charge >= 0.3 is 5.91 Å². The number of rotatable bonds is 3. The lowest BCUT2D eigenvalue weighted by Gasteiger charge is -1.98. The summed E-state index contributed by atoms with van der Waals surface area (Å²) in [6.45, 7) is 3.64. The van der Waals surface area contributed by atoms with Gasteiger partial charge in [0.2, 0.25) is 0 Å². The first-order chi connectivity index (χ1) is 8.16. The number of hydrogen-bond donors (Lipinski definition) is 1. The molecule has 0 aliphatic rings. The molecular formula is C12H12N2O2S. The summed E-state index contributed by atoms with van der Waals surface area (Å²) < 4.78 is 5.19. The second-order valence-corrected chi connectivity index (χ2v) is 4.47. The highest BCUT2D eigenvalue weighted by Gasteiger charge is 2.08. The fraction of sp³-hybridized carbons (Fsp3) is 0.167. The van der Waals surface area contributed by atoms with Gasteiger partial charge in [0.05, 0.1) is 5.71 Å². The van der Waals surface area contributed by atoms with Crippen LogP contribution in [-0.2, 0) is 0 Å². The van der Waals surface area contributed by atoms with E-state index in [4.69, 9.17) is 4.42 Å². The van der Waals surface area contributed by atoms with E-state index in [1.165, 1.54) is 0 Å². The molecule has 0 saturated heterocycles. The van der Waals surface area contributed by atoms with Crippen LogP contribution in [0.15, 0.2) is 39.2 Å². The summed E-state index contributed by atoms with van der Waals surface area (Å²) in [4.78, 5) is 12.7. The second-order valence-electron chi connectivity index (χ2n) is 3.53. The molecule has 0 fully saturated rings. The number of nitrogens with one attached hydrogen (secondary N) is 1. The number of furan rings is 1. The van der Waals surface area contributed by atoms with Gasteiger partial charge in [-0.3, -0.25) is 4.79 Å². The topological polar surface area (TPSA) is 54.6 Å². The maximum Gasteiger partial charge on any atom is 0.307 e. The van der Waals surface area contributed by atoms with E-state index in [1.807, 2.05) is 24.4 Å². The molecular weight excluding hydrogens is 236 g/mol. The summed E-state index contributed by atoms with van der Waals surface area (Å²) in [5.74, 6) is 0.633. The maximum atomic E-state index is 11.6. The fourth-order valence-corrected chi connectivity index (χ4v) is 1.96. The monoisotopic (exact) mass is 248 g/mol. The van der Waals surface area contributed by atoms with Crippen LogP contribution in [0.1, 0.15) is 28.1 Å². The molecule has 0 atom stereocenters. The molecule has 88 valence electrons. The summed E-state index contributed by atoms with van der Waals surface area (Å²) in [6.07, 6.45) is 0. The lowest BCUT2D eigenvalue weighted by Crippen LogP contribution is -2.18. The first-order valence-corrected chi connectivity index (χ1v) is 6.00. The van der Waals surface area contributed by atoms with Crippen LogP contribution in [0.3, 0.4) is 0 Å². The third kappa shape index (κ3) is 2.82. The highest BCUT2D eigenvalue weighted by atomic mass is 32.1. The number of amides is 1. The van der Waals surface area contributed by atoms with Crippen molar-refractivity contribution in [3.8, 4) is 0 Å². The van der Waals surface area contributed by atoms with Crippen LogP contribution in [0.4, 0.5) is 0 Å². The minimum Gasteiger partial charge on any atom is -0.456 e. The van der Waals surface area contributed by atoms with E-state index in [1.54, 1.807) is 30.4 Å². The molecule has 0 bridgehead atoms. The molecule has 2 heterocycles. The molecule has 5 heteroatoms. The zero-order valence-electron chi connectivity index (χ0n) is 9.56. The molecule has 0 aliphatic heterocycles. The fourth-order valence-electron chi connectivity index (χ4n) is 1.29. The average Bonchev–Trinajstić information content (AvgIpc) is 2.95. The Labute approximate surface area is 103 Å². The van der Waals surface area contributed by atoms with E-state index < -0.39 is 0 Å². The third-order valence-corrected chi connectivity index (χ3v) is 3.15. The van der Waals surface area contributed by atoms with Crippen LogP contribution in [0.2, 0.25) is 0 Å². The van der Waals surface area contributed by atoms with Gasteiger partial charge in [-0.25, -0.2) is 5.43 Å². The number of aryl methyl sites for hydroxylation is 1. The van der Waals surface area contributed by atoms with Gasteiger partial charge in [0, 0.05) is 4.88 Å². The van der Waals surface area contributed by atoms with E-state index in [2.05, 4.69) is 10.5 Å². The molecule has 2 rings (SSSR count). The highest BCUT2D eigenvalue weighted by Crippen LogP contribution is 2.10. The van der Waals surface area contributed by atoms with Crippen molar-refractivity contribution in [3.63, 3.8) is 0 Å². The lowest BCUT2D eigenvalue weighted by molar-refractivity contribution is 0.0926. The van der Waals surface area contributed by atoms with Crippen molar-refractivity contribution in [1.82, 2.24) is 5.43 Å². The molecule has 0 unspecified atom stereocenters. The smallest absolute Gasteiger partial charge is 0.307 e. The molecule has 0 saturated carbocycles. The quantitative estimate of drug-likeness (QED) is 0.670. The summed E-state index contributed by atoms with van der Waals surface area (Å²) in [5, 5.41) is 5.98. The standard InChI is InChI=1S/C12H12N2O2S/c1-8-5-6-10(16-8)12(15)14-13-9(2)11-4-3-7-17-11/h3-7H,1-2H3,(H,14,15)/b13-9+. The number of nitrogens with zero attached hydrogens (tertiary/aromatic N) is 1. The first kappa shape index (κ1) is 11.6. The van der Waals surface area contributed by atoms with Crippen molar-refractivity contribution in [3.05, 3.63) is 46.0 Å². The molecule has 4 nitrogen and oxygen atoms in total. The van der Waals surface area contributed by atoms with Gasteiger partial charge in [0.1, 0.15) is 5.76 Å². The summed E-state index contributed by atoms with van der Waals surface area (Å²) in [7, 11) is 0. The maximum absolute atomic E-state index is 11.6. The van der Waals surface area contributed by atoms with Gasteiger partial charge in [-0.2, -0.15) is 5.10 Å². The van der Waals surface area contributed by atoms with Crippen LogP contribution in [0.25, 0.3) is 0 Å². The Morgan fingerprint density at radius 3 is 2.82 bits per heavy atom. The first-order valence-electron chi connectivity index (χ1n) is 5.12. The van der Waals surface area contributed by atoms with Crippen LogP contribution >= 0.6 is 11.3 Å². The van der Waals surface area contributed by atoms with Gasteiger partial charge in [-0.1, -0.05) is 6.07 Å². The van der Waals surface area contributed by atoms with Crippen LogP contribution in [-0.4, -0.2) is 11.6 Å². The molecule has 0 aliphatic carbocycles. The molecule has 0 spiro atoms. The molecule has 0 aromatic carbocycles. The minimum atomic E-state index is -0.339. The van der Waals surface area contributed by atoms with Crippen LogP contribution in [0.5, 0.6) is 0 Å². The zero-order valence-corrected chi connectivity index (χ0v) is 10.4. The molecule has 0 radical (unpaired) electrons. The summed E-state index contributed by atoms with van der Waals surface area (Å²) in [6, 6.07) is 7.26. The van der Waals surface area contributed by atoms with Gasteiger partial charge in [-0.15, -0.1) is 11.3 Å². The van der Waals surface area contributed by atoms with Crippen LogP contribution in [0, 0.1) is 6.92 Å². The van der Waals surface area contributed by atoms with Crippen molar-refractivity contribution in [2.75, 3.05) is 0 Å². The van der Waals surface area contributed by atoms with Crippen molar-refractivity contribution in [2.24, 2.45) is 5.10 Å². The van der Waals surface area contributed by atoms with E-state index in [-0.39, 0.29) is 11.7 Å². The lowest BCUT2D eigenvalue weighted by atomic mass is 10.3. The van der Waals surface area contributed by atoms with Crippen LogP contribution < -0.4 is 5.43 Å². The third-order valence-electron chi connectivity index (χ3n) is 2.17. The molecule has 1 amide bonds. The van der Waals surface area contributed by atoms with Gasteiger partial charge < -0.3 is 4.42 Å². The van der Waals surface area contributed by atoms with E-state index in [0.717, 1.165) is 10.6 Å². The SMILES string of the molecule is C/C(=N\NC(=O)c1ccc(C)o1)c1cccs1. The van der Waals surface area contributed by atoms with Crippen molar-refractivity contribution in [2.45, 2.75) is 13.8 Å². The summed E-state index contributed by atoms with van der Waals surface area (Å²) in [5.41, 5.74) is 3.24. The molecule has 17 heavy (non-hydrogen) atoms. The average molecular weight is 248 g/mol. The summed E-state index contributed by atoms with van der Waals surface area (Å²) >= 11 is 1.58. The van der Waals surface area contributed by atoms with E-state index in [9.17, 15) is 4.79 Å². The molecule has 2 aromatic heterocycles. The Morgan fingerprint density at radius 2 is 2.24 bits per heavy atom.